The van der Waals surface area contributed by atoms with Crippen LogP contribution in [0.4, 0.5) is 16.2 Å². The Balaban J connectivity index is 1.57. The Morgan fingerprint density at radius 3 is 2.48 bits per heavy atom. The molecule has 0 unspecified atom stereocenters. The van der Waals surface area contributed by atoms with E-state index in [9.17, 15) is 19.2 Å². The molecule has 0 aromatic heterocycles. The number of carbonyl (C=O) groups is 4. The molecule has 230 valence electrons. The molecule has 0 atom stereocenters. The highest BCUT2D eigenvalue weighted by molar-refractivity contribution is 9.10. The van der Waals surface area contributed by atoms with Crippen molar-refractivity contribution in [2.75, 3.05) is 37.1 Å². The molecule has 0 bridgehead atoms. The van der Waals surface area contributed by atoms with Crippen LogP contribution in [-0.2, 0) is 14.4 Å². The third kappa shape index (κ3) is 7.56. The summed E-state index contributed by atoms with van der Waals surface area (Å²) in [6, 6.07) is 14.3. The molecule has 12 heteroatoms. The van der Waals surface area contributed by atoms with E-state index < -0.39 is 17.8 Å². The van der Waals surface area contributed by atoms with Crippen LogP contribution in [0.1, 0.15) is 31.4 Å². The molecule has 0 aliphatic carbocycles. The fourth-order valence-electron chi connectivity index (χ4n) is 4.31. The second-order valence-corrected chi connectivity index (χ2v) is 10.5. The normalized spacial score (nSPS) is 13.9. The van der Waals surface area contributed by atoms with Crippen LogP contribution >= 0.6 is 15.9 Å². The van der Waals surface area contributed by atoms with E-state index in [2.05, 4.69) is 26.6 Å². The van der Waals surface area contributed by atoms with Gasteiger partial charge in [0.25, 0.3) is 17.7 Å². The Hall–Kier alpha value is -4.84. The number of aryl methyl sites for hydroxylation is 1. The predicted octanol–water partition coefficient (Wildman–Crippen LogP) is 5.64. The van der Waals surface area contributed by atoms with E-state index in [1.807, 2.05) is 32.0 Å². The summed E-state index contributed by atoms with van der Waals surface area (Å²) in [7, 11) is 1.42. The van der Waals surface area contributed by atoms with E-state index >= 15 is 0 Å². The highest BCUT2D eigenvalue weighted by Crippen LogP contribution is 2.38. The maximum atomic E-state index is 13.5. The quantitative estimate of drug-likeness (QED) is 0.188. The lowest BCUT2D eigenvalue weighted by atomic mass is 10.1. The second-order valence-electron chi connectivity index (χ2n) is 9.61. The van der Waals surface area contributed by atoms with Crippen molar-refractivity contribution in [1.29, 1.82) is 0 Å². The van der Waals surface area contributed by atoms with Gasteiger partial charge in [-0.05, 0) is 89.8 Å². The van der Waals surface area contributed by atoms with Crippen molar-refractivity contribution < 1.29 is 38.1 Å². The van der Waals surface area contributed by atoms with Gasteiger partial charge in [0.2, 0.25) is 0 Å². The van der Waals surface area contributed by atoms with Crippen LogP contribution in [0.15, 0.2) is 64.6 Å². The molecule has 3 aromatic carbocycles. The molecule has 1 aliphatic heterocycles. The largest absolute Gasteiger partial charge is 0.493 e. The Morgan fingerprint density at radius 1 is 0.977 bits per heavy atom. The molecule has 1 fully saturated rings. The van der Waals surface area contributed by atoms with Gasteiger partial charge >= 0.3 is 6.03 Å². The molecule has 1 aliphatic rings. The lowest BCUT2D eigenvalue weighted by Crippen LogP contribution is -2.54. The Labute approximate surface area is 263 Å². The summed E-state index contributed by atoms with van der Waals surface area (Å²) in [6.07, 6.45) is 2.12. The van der Waals surface area contributed by atoms with Crippen molar-refractivity contribution in [3.8, 4) is 23.0 Å². The molecule has 2 N–H and O–H groups in total. The van der Waals surface area contributed by atoms with Crippen LogP contribution in [0.2, 0.25) is 0 Å². The van der Waals surface area contributed by atoms with E-state index in [0.29, 0.717) is 40.4 Å². The summed E-state index contributed by atoms with van der Waals surface area (Å²) in [6.45, 7) is 6.20. The van der Waals surface area contributed by atoms with Crippen LogP contribution in [0.5, 0.6) is 23.0 Å². The summed E-state index contributed by atoms with van der Waals surface area (Å²) in [5, 5.41) is 4.98. The molecule has 1 heterocycles. The molecule has 0 saturated carbocycles. The number of anilines is 2. The zero-order valence-electron chi connectivity index (χ0n) is 24.7. The number of rotatable bonds is 12. The molecule has 1 saturated heterocycles. The summed E-state index contributed by atoms with van der Waals surface area (Å²) in [4.78, 5) is 52.4. The second kappa shape index (κ2) is 14.6. The molecule has 4 rings (SSSR count). The van der Waals surface area contributed by atoms with Crippen molar-refractivity contribution >= 4 is 57.1 Å². The van der Waals surface area contributed by atoms with Crippen molar-refractivity contribution in [3.63, 3.8) is 0 Å². The number of benzene rings is 3. The van der Waals surface area contributed by atoms with Gasteiger partial charge in [0, 0.05) is 11.8 Å². The first-order valence-electron chi connectivity index (χ1n) is 13.8. The number of amides is 5. The first-order valence-corrected chi connectivity index (χ1v) is 14.6. The van der Waals surface area contributed by atoms with E-state index in [4.69, 9.17) is 18.9 Å². The molecular weight excluding hydrogens is 634 g/mol. The first-order chi connectivity index (χ1) is 21.1. The zero-order valence-corrected chi connectivity index (χ0v) is 26.3. The summed E-state index contributed by atoms with van der Waals surface area (Å²) >= 11 is 3.42. The lowest BCUT2D eigenvalue weighted by Gasteiger charge is -2.27. The minimum absolute atomic E-state index is 0.199. The third-order valence-electron chi connectivity index (χ3n) is 6.26. The highest BCUT2D eigenvalue weighted by Gasteiger charge is 2.37. The van der Waals surface area contributed by atoms with E-state index in [0.717, 1.165) is 16.9 Å². The van der Waals surface area contributed by atoms with Gasteiger partial charge in [-0.25, -0.2) is 9.69 Å². The Bertz CT molecular complexity index is 1620. The van der Waals surface area contributed by atoms with Gasteiger partial charge < -0.3 is 24.3 Å². The maximum Gasteiger partial charge on any atom is 0.335 e. The Morgan fingerprint density at radius 2 is 1.77 bits per heavy atom. The number of nitrogens with one attached hydrogen (secondary N) is 2. The van der Waals surface area contributed by atoms with Crippen molar-refractivity contribution in [2.24, 2.45) is 0 Å². The molecule has 0 radical (unpaired) electrons. The monoisotopic (exact) mass is 665 g/mol. The van der Waals surface area contributed by atoms with E-state index in [-0.39, 0.29) is 35.3 Å². The number of urea groups is 1. The Kier molecular flexibility index (Phi) is 10.6. The van der Waals surface area contributed by atoms with Crippen LogP contribution in [0, 0.1) is 6.92 Å². The van der Waals surface area contributed by atoms with Gasteiger partial charge in [-0.15, -0.1) is 0 Å². The number of carbonyl (C=O) groups excluding carboxylic acids is 4. The highest BCUT2D eigenvalue weighted by atomic mass is 79.9. The van der Waals surface area contributed by atoms with Gasteiger partial charge in [-0.1, -0.05) is 19.1 Å². The minimum Gasteiger partial charge on any atom is -0.493 e. The summed E-state index contributed by atoms with van der Waals surface area (Å²) < 4.78 is 23.0. The van der Waals surface area contributed by atoms with Crippen molar-refractivity contribution in [2.45, 2.75) is 27.2 Å². The van der Waals surface area contributed by atoms with Crippen LogP contribution in [0.3, 0.4) is 0 Å². The molecule has 3 aromatic rings. The molecule has 0 spiro atoms. The molecule has 11 nitrogen and oxygen atoms in total. The number of halogens is 1. The molecule has 44 heavy (non-hydrogen) atoms. The smallest absolute Gasteiger partial charge is 0.335 e. The van der Waals surface area contributed by atoms with E-state index in [1.54, 1.807) is 37.3 Å². The van der Waals surface area contributed by atoms with Gasteiger partial charge in [0.15, 0.2) is 29.6 Å². The number of nitrogens with zero attached hydrogens (tertiary/aromatic N) is 1. The summed E-state index contributed by atoms with van der Waals surface area (Å²) in [5.74, 6) is -0.727. The number of hydrogen-bond donors (Lipinski definition) is 2. The first kappa shape index (κ1) is 32.1. The fraction of sp³-hybridized carbons (Fsp3) is 0.250. The van der Waals surface area contributed by atoms with Gasteiger partial charge in [-0.3, -0.25) is 19.7 Å². The van der Waals surface area contributed by atoms with Crippen molar-refractivity contribution in [3.05, 3.63) is 75.8 Å². The van der Waals surface area contributed by atoms with Crippen LogP contribution in [-0.4, -0.2) is 50.7 Å². The molecular formula is C32H32BrN3O8. The number of imide groups is 2. The number of hydrogen-bond acceptors (Lipinski definition) is 8. The minimum atomic E-state index is -0.895. The van der Waals surface area contributed by atoms with Crippen molar-refractivity contribution in [1.82, 2.24) is 5.32 Å². The van der Waals surface area contributed by atoms with Gasteiger partial charge in [0.1, 0.15) is 5.57 Å². The van der Waals surface area contributed by atoms with Gasteiger partial charge in [-0.2, -0.15) is 0 Å². The summed E-state index contributed by atoms with van der Waals surface area (Å²) in [5.41, 5.74) is 1.96. The lowest BCUT2D eigenvalue weighted by molar-refractivity contribution is -0.122. The average Bonchev–Trinajstić information content (AvgIpc) is 2.98. The number of ether oxygens (including phenoxy) is 4. The average molecular weight is 667 g/mol. The van der Waals surface area contributed by atoms with Gasteiger partial charge in [0.05, 0.1) is 30.5 Å². The SMILES string of the molecule is CCCOc1ccc(N2C(=O)NC(=O)/C(=C\c3cc(Br)c(OCC(=O)Nc4cccc(C)c4)c(OC)c3)C2=O)cc1OCC. The van der Waals surface area contributed by atoms with Crippen LogP contribution < -0.4 is 34.5 Å². The zero-order chi connectivity index (χ0) is 31.8. The number of barbiturate groups is 1. The number of methoxy groups -OCH3 is 1. The van der Waals surface area contributed by atoms with Crippen LogP contribution in [0.25, 0.3) is 6.08 Å². The third-order valence-corrected chi connectivity index (χ3v) is 6.85. The predicted molar refractivity (Wildman–Crippen MR) is 168 cm³/mol. The van der Waals surface area contributed by atoms with E-state index in [1.165, 1.54) is 19.3 Å². The fourth-order valence-corrected chi connectivity index (χ4v) is 4.89. The molecule has 5 amide bonds. The standard InChI is InChI=1S/C32H32BrN3O8/c1-5-12-43-25-11-10-22(17-26(25)42-6-2)36-31(39)23(30(38)35-32(36)40)14-20-15-24(33)29(27(16-20)41-4)44-18-28(37)34-21-9-7-8-19(3)13-21/h7-11,13-17H,5-6,12,18H2,1-4H3,(H,34,37)(H,35,38,40)/b23-14+. The topological polar surface area (TPSA) is 132 Å². The maximum absolute atomic E-state index is 13.5.